The molecule has 1 heterocycles. The number of fused-ring (bicyclic) bond motifs is 1. The molecule has 0 saturated heterocycles. The zero-order valence-corrected chi connectivity index (χ0v) is 11.8. The van der Waals surface area contributed by atoms with Crippen LogP contribution in [0.2, 0.25) is 5.02 Å². The van der Waals surface area contributed by atoms with Gasteiger partial charge in [-0.25, -0.2) is 0 Å². The molecule has 0 radical (unpaired) electrons. The van der Waals surface area contributed by atoms with Crippen molar-refractivity contribution in [2.75, 3.05) is 13.2 Å². The van der Waals surface area contributed by atoms with Crippen LogP contribution in [0.1, 0.15) is 17.0 Å². The van der Waals surface area contributed by atoms with Crippen LogP contribution in [0.25, 0.3) is 0 Å². The first-order valence-corrected chi connectivity index (χ1v) is 6.98. The van der Waals surface area contributed by atoms with Crippen LogP contribution < -0.4 is 15.2 Å². The van der Waals surface area contributed by atoms with Crippen LogP contribution >= 0.6 is 11.6 Å². The van der Waals surface area contributed by atoms with E-state index in [1.165, 1.54) is 5.56 Å². The Morgan fingerprint density at radius 1 is 1.25 bits per heavy atom. The molecule has 20 heavy (non-hydrogen) atoms. The van der Waals surface area contributed by atoms with Crippen molar-refractivity contribution in [3.63, 3.8) is 0 Å². The van der Waals surface area contributed by atoms with Crippen molar-refractivity contribution in [3.8, 4) is 11.5 Å². The van der Waals surface area contributed by atoms with Gasteiger partial charge in [0.05, 0.1) is 19.1 Å². The van der Waals surface area contributed by atoms with Gasteiger partial charge in [-0.05, 0) is 23.8 Å². The van der Waals surface area contributed by atoms with E-state index in [-0.39, 0.29) is 5.92 Å². The highest BCUT2D eigenvalue weighted by molar-refractivity contribution is 6.31. The van der Waals surface area contributed by atoms with Gasteiger partial charge in [0.15, 0.2) is 0 Å². The van der Waals surface area contributed by atoms with Gasteiger partial charge in [-0.2, -0.15) is 0 Å². The SMILES string of the molecule is NCc1ccc(OCC2COc3ccccc32)cc1Cl. The molecule has 0 fully saturated rings. The first-order valence-electron chi connectivity index (χ1n) is 6.61. The Hall–Kier alpha value is -1.71. The monoisotopic (exact) mass is 289 g/mol. The Kier molecular flexibility index (Phi) is 3.81. The number of nitrogens with two attached hydrogens (primary N) is 1. The summed E-state index contributed by atoms with van der Waals surface area (Å²) in [4.78, 5) is 0. The van der Waals surface area contributed by atoms with Gasteiger partial charge < -0.3 is 15.2 Å². The largest absolute Gasteiger partial charge is 0.493 e. The standard InChI is InChI=1S/C16H16ClNO2/c17-15-7-13(6-5-11(15)8-18)19-9-12-10-20-16-4-2-1-3-14(12)16/h1-7,12H,8-10,18H2. The quantitative estimate of drug-likeness (QED) is 0.939. The highest BCUT2D eigenvalue weighted by Gasteiger charge is 2.24. The van der Waals surface area contributed by atoms with Crippen LogP contribution in [0, 0.1) is 0 Å². The zero-order chi connectivity index (χ0) is 13.9. The summed E-state index contributed by atoms with van der Waals surface area (Å²) in [6.45, 7) is 1.67. The molecule has 104 valence electrons. The van der Waals surface area contributed by atoms with Gasteiger partial charge >= 0.3 is 0 Å². The molecular weight excluding hydrogens is 274 g/mol. The van der Waals surface area contributed by atoms with Crippen LogP contribution in [0.5, 0.6) is 11.5 Å². The Bertz CT molecular complexity index is 615. The van der Waals surface area contributed by atoms with E-state index in [1.807, 2.05) is 36.4 Å². The molecule has 0 amide bonds. The van der Waals surface area contributed by atoms with Crippen molar-refractivity contribution in [2.24, 2.45) is 5.73 Å². The van der Waals surface area contributed by atoms with Gasteiger partial charge in [-0.1, -0.05) is 35.9 Å². The average Bonchev–Trinajstić information content (AvgIpc) is 2.88. The molecule has 1 aliphatic rings. The molecule has 4 heteroatoms. The summed E-state index contributed by atoms with van der Waals surface area (Å²) in [5, 5.41) is 0.646. The van der Waals surface area contributed by atoms with Crippen LogP contribution in [-0.2, 0) is 6.54 Å². The Labute approximate surface area is 123 Å². The molecular formula is C16H16ClNO2. The smallest absolute Gasteiger partial charge is 0.123 e. The molecule has 1 unspecified atom stereocenters. The van der Waals surface area contributed by atoms with Gasteiger partial charge in [0.1, 0.15) is 11.5 Å². The summed E-state index contributed by atoms with van der Waals surface area (Å²) in [5.74, 6) is 1.98. The summed E-state index contributed by atoms with van der Waals surface area (Å²) in [5.41, 5.74) is 7.72. The molecule has 0 aliphatic carbocycles. The lowest BCUT2D eigenvalue weighted by Gasteiger charge is -2.12. The normalized spacial score (nSPS) is 16.6. The molecule has 2 N–H and O–H groups in total. The number of hydrogen-bond donors (Lipinski definition) is 1. The summed E-state index contributed by atoms with van der Waals surface area (Å²) in [7, 11) is 0. The fraction of sp³-hybridized carbons (Fsp3) is 0.250. The van der Waals surface area contributed by atoms with Crippen molar-refractivity contribution in [1.82, 2.24) is 0 Å². The zero-order valence-electron chi connectivity index (χ0n) is 11.0. The van der Waals surface area contributed by atoms with Crippen LogP contribution in [0.4, 0.5) is 0 Å². The summed E-state index contributed by atoms with van der Waals surface area (Å²) in [6.07, 6.45) is 0. The van der Waals surface area contributed by atoms with Crippen LogP contribution in [0.15, 0.2) is 42.5 Å². The van der Waals surface area contributed by atoms with Crippen molar-refractivity contribution >= 4 is 11.6 Å². The van der Waals surface area contributed by atoms with E-state index in [1.54, 1.807) is 0 Å². The first kappa shape index (κ1) is 13.3. The third kappa shape index (κ3) is 2.60. The number of para-hydroxylation sites is 1. The minimum absolute atomic E-state index is 0.263. The molecule has 0 aromatic heterocycles. The lowest BCUT2D eigenvalue weighted by atomic mass is 10.0. The lowest BCUT2D eigenvalue weighted by Crippen LogP contribution is -2.11. The molecule has 2 aromatic carbocycles. The fourth-order valence-corrected chi connectivity index (χ4v) is 2.60. The van der Waals surface area contributed by atoms with Gasteiger partial charge in [0.25, 0.3) is 0 Å². The van der Waals surface area contributed by atoms with Crippen molar-refractivity contribution in [1.29, 1.82) is 0 Å². The molecule has 1 atom stereocenters. The Morgan fingerprint density at radius 2 is 2.10 bits per heavy atom. The minimum atomic E-state index is 0.263. The topological polar surface area (TPSA) is 44.5 Å². The Balaban J connectivity index is 1.67. The first-order chi connectivity index (χ1) is 9.78. The number of rotatable bonds is 4. The van der Waals surface area contributed by atoms with Gasteiger partial charge in [-0.3, -0.25) is 0 Å². The van der Waals surface area contributed by atoms with E-state index in [0.29, 0.717) is 24.8 Å². The molecule has 3 nitrogen and oxygen atoms in total. The van der Waals surface area contributed by atoms with Crippen molar-refractivity contribution in [3.05, 3.63) is 58.6 Å². The minimum Gasteiger partial charge on any atom is -0.493 e. The maximum Gasteiger partial charge on any atom is 0.123 e. The second-order valence-electron chi connectivity index (χ2n) is 4.81. The van der Waals surface area contributed by atoms with Crippen LogP contribution in [0.3, 0.4) is 0 Å². The number of ether oxygens (including phenoxy) is 2. The number of benzene rings is 2. The molecule has 3 rings (SSSR count). The molecule has 0 spiro atoms. The Morgan fingerprint density at radius 3 is 2.90 bits per heavy atom. The van der Waals surface area contributed by atoms with E-state index >= 15 is 0 Å². The predicted octanol–water partition coefficient (Wildman–Crippen LogP) is 3.35. The van der Waals surface area contributed by atoms with E-state index in [0.717, 1.165) is 17.1 Å². The van der Waals surface area contributed by atoms with Crippen molar-refractivity contribution < 1.29 is 9.47 Å². The molecule has 1 aliphatic heterocycles. The van der Waals surface area contributed by atoms with Crippen LogP contribution in [-0.4, -0.2) is 13.2 Å². The molecule has 0 saturated carbocycles. The summed E-state index contributed by atoms with van der Waals surface area (Å²) < 4.78 is 11.5. The van der Waals surface area contributed by atoms with E-state index in [4.69, 9.17) is 26.8 Å². The maximum absolute atomic E-state index is 6.12. The molecule has 0 bridgehead atoms. The number of hydrogen-bond acceptors (Lipinski definition) is 3. The number of halogens is 1. The highest BCUT2D eigenvalue weighted by atomic mass is 35.5. The maximum atomic E-state index is 6.12. The van der Waals surface area contributed by atoms with Gasteiger partial charge in [0, 0.05) is 17.1 Å². The van der Waals surface area contributed by atoms with E-state index < -0.39 is 0 Å². The third-order valence-corrected chi connectivity index (χ3v) is 3.85. The second kappa shape index (κ2) is 5.73. The fourth-order valence-electron chi connectivity index (χ4n) is 2.35. The summed E-state index contributed by atoms with van der Waals surface area (Å²) >= 11 is 6.12. The average molecular weight is 290 g/mol. The second-order valence-corrected chi connectivity index (χ2v) is 5.22. The molecule has 2 aromatic rings. The third-order valence-electron chi connectivity index (χ3n) is 3.49. The van der Waals surface area contributed by atoms with E-state index in [9.17, 15) is 0 Å². The summed E-state index contributed by atoms with van der Waals surface area (Å²) in [6, 6.07) is 13.7. The highest BCUT2D eigenvalue weighted by Crippen LogP contribution is 2.34. The predicted molar refractivity (Wildman–Crippen MR) is 79.5 cm³/mol. The van der Waals surface area contributed by atoms with Gasteiger partial charge in [-0.15, -0.1) is 0 Å². The van der Waals surface area contributed by atoms with Crippen molar-refractivity contribution in [2.45, 2.75) is 12.5 Å². The lowest BCUT2D eigenvalue weighted by molar-refractivity contribution is 0.248. The van der Waals surface area contributed by atoms with E-state index in [2.05, 4.69) is 6.07 Å². The van der Waals surface area contributed by atoms with Gasteiger partial charge in [0.2, 0.25) is 0 Å².